The normalized spacial score (nSPS) is 11.8. The smallest absolute Gasteiger partial charge is 0.337 e. The van der Waals surface area contributed by atoms with Crippen molar-refractivity contribution in [3.05, 3.63) is 35.4 Å². The Hall–Kier alpha value is -1.77. The largest absolute Gasteiger partial charge is 0.507 e. The minimum absolute atomic E-state index is 0.0215. The maximum atomic E-state index is 11.4. The van der Waals surface area contributed by atoms with E-state index in [0.29, 0.717) is 11.1 Å². The minimum Gasteiger partial charge on any atom is -0.507 e. The van der Waals surface area contributed by atoms with Gasteiger partial charge in [-0.05, 0) is 23.6 Å². The maximum absolute atomic E-state index is 11.4. The first-order valence-electron chi connectivity index (χ1n) is 5.44. The molecule has 0 aromatic heterocycles. The molecule has 0 saturated carbocycles. The van der Waals surface area contributed by atoms with Gasteiger partial charge >= 0.3 is 5.97 Å². The first-order chi connectivity index (χ1) is 7.83. The summed E-state index contributed by atoms with van der Waals surface area (Å²) in [6, 6.07) is 4.65. The molecule has 1 rings (SSSR count). The molecule has 1 aromatic rings. The van der Waals surface area contributed by atoms with Crippen LogP contribution < -0.4 is 0 Å². The second-order valence-corrected chi connectivity index (χ2v) is 4.96. The Labute approximate surface area is 102 Å². The molecular weight excluding hydrogens is 216 g/mol. The zero-order chi connectivity index (χ0) is 13.1. The third-order valence-corrected chi connectivity index (χ3v) is 2.21. The van der Waals surface area contributed by atoms with E-state index in [4.69, 9.17) is 0 Å². The highest BCUT2D eigenvalue weighted by Gasteiger charge is 2.09. The average molecular weight is 234 g/mol. The number of carbonyl (C=O) groups is 1. The van der Waals surface area contributed by atoms with Crippen LogP contribution in [0.3, 0.4) is 0 Å². The van der Waals surface area contributed by atoms with Gasteiger partial charge in [0, 0.05) is 5.56 Å². The lowest BCUT2D eigenvalue weighted by Gasteiger charge is -2.11. The molecule has 0 aliphatic heterocycles. The number of phenols is 1. The third kappa shape index (κ3) is 3.94. The average Bonchev–Trinajstić information content (AvgIpc) is 2.26. The maximum Gasteiger partial charge on any atom is 0.337 e. The van der Waals surface area contributed by atoms with Crippen LogP contribution in [0.5, 0.6) is 5.75 Å². The fraction of sp³-hybridized carbons (Fsp3) is 0.357. The Bertz CT molecular complexity index is 439. The van der Waals surface area contributed by atoms with Crippen molar-refractivity contribution in [3.63, 3.8) is 0 Å². The van der Waals surface area contributed by atoms with Gasteiger partial charge in [0.25, 0.3) is 0 Å². The van der Waals surface area contributed by atoms with Crippen molar-refractivity contribution in [2.75, 3.05) is 7.11 Å². The molecule has 92 valence electrons. The number of benzene rings is 1. The lowest BCUT2D eigenvalue weighted by molar-refractivity contribution is 0.0600. The van der Waals surface area contributed by atoms with Crippen LogP contribution in [0.1, 0.15) is 36.7 Å². The quantitative estimate of drug-likeness (QED) is 0.799. The molecule has 3 nitrogen and oxygen atoms in total. The summed E-state index contributed by atoms with van der Waals surface area (Å²) in [5.41, 5.74) is 1.06. The second-order valence-electron chi connectivity index (χ2n) is 4.96. The van der Waals surface area contributed by atoms with Crippen molar-refractivity contribution in [2.24, 2.45) is 5.41 Å². The molecule has 0 fully saturated rings. The summed E-state index contributed by atoms with van der Waals surface area (Å²) in [7, 11) is 1.33. The molecule has 1 aromatic carbocycles. The number of phenolic OH excluding ortho intramolecular Hbond substituents is 1. The number of hydrogen-bond acceptors (Lipinski definition) is 3. The van der Waals surface area contributed by atoms with Gasteiger partial charge in [0.15, 0.2) is 0 Å². The van der Waals surface area contributed by atoms with E-state index in [1.807, 2.05) is 12.2 Å². The van der Waals surface area contributed by atoms with E-state index in [0.717, 1.165) is 0 Å². The predicted octanol–water partition coefficient (Wildman–Crippen LogP) is 3.24. The third-order valence-electron chi connectivity index (χ3n) is 2.21. The molecule has 0 bridgehead atoms. The van der Waals surface area contributed by atoms with Gasteiger partial charge in [0.05, 0.1) is 12.7 Å². The number of carbonyl (C=O) groups excluding carboxylic acids is 1. The van der Waals surface area contributed by atoms with Crippen LogP contribution in [-0.4, -0.2) is 18.2 Å². The summed E-state index contributed by atoms with van der Waals surface area (Å²) >= 11 is 0. The van der Waals surface area contributed by atoms with E-state index in [9.17, 15) is 9.90 Å². The van der Waals surface area contributed by atoms with E-state index in [-0.39, 0.29) is 11.2 Å². The monoisotopic (exact) mass is 234 g/mol. The molecule has 0 unspecified atom stereocenters. The number of allylic oxidation sites excluding steroid dienone is 1. The van der Waals surface area contributed by atoms with E-state index in [1.54, 1.807) is 6.07 Å². The molecule has 3 heteroatoms. The Balaban J connectivity index is 3.07. The Morgan fingerprint density at radius 3 is 2.53 bits per heavy atom. The molecule has 0 aliphatic carbocycles. The zero-order valence-corrected chi connectivity index (χ0v) is 10.7. The number of esters is 1. The SMILES string of the molecule is COC(=O)c1ccc(O)c(C=CC(C)(C)C)c1. The number of rotatable bonds is 2. The Morgan fingerprint density at radius 1 is 1.35 bits per heavy atom. The van der Waals surface area contributed by atoms with Crippen molar-refractivity contribution in [3.8, 4) is 5.75 Å². The van der Waals surface area contributed by atoms with Gasteiger partial charge in [-0.3, -0.25) is 0 Å². The van der Waals surface area contributed by atoms with Crippen LogP contribution >= 0.6 is 0 Å². The zero-order valence-electron chi connectivity index (χ0n) is 10.7. The topological polar surface area (TPSA) is 46.5 Å². The molecule has 0 spiro atoms. The molecule has 0 heterocycles. The van der Waals surface area contributed by atoms with Crippen molar-refractivity contribution < 1.29 is 14.6 Å². The van der Waals surface area contributed by atoms with Gasteiger partial charge in [0.2, 0.25) is 0 Å². The molecule has 0 radical (unpaired) electrons. The predicted molar refractivity (Wildman–Crippen MR) is 67.9 cm³/mol. The fourth-order valence-corrected chi connectivity index (χ4v) is 1.27. The summed E-state index contributed by atoms with van der Waals surface area (Å²) in [5.74, 6) is -0.256. The van der Waals surface area contributed by atoms with Gasteiger partial charge in [0.1, 0.15) is 5.75 Å². The molecule has 0 saturated heterocycles. The van der Waals surface area contributed by atoms with Crippen molar-refractivity contribution in [2.45, 2.75) is 20.8 Å². The van der Waals surface area contributed by atoms with E-state index in [2.05, 4.69) is 25.5 Å². The molecule has 0 amide bonds. The number of hydrogen-bond donors (Lipinski definition) is 1. The lowest BCUT2D eigenvalue weighted by Crippen LogP contribution is -2.01. The van der Waals surface area contributed by atoms with Crippen LogP contribution in [0.2, 0.25) is 0 Å². The van der Waals surface area contributed by atoms with Gasteiger partial charge in [-0.25, -0.2) is 4.79 Å². The Morgan fingerprint density at radius 2 is 2.00 bits per heavy atom. The van der Waals surface area contributed by atoms with Gasteiger partial charge in [-0.2, -0.15) is 0 Å². The fourth-order valence-electron chi connectivity index (χ4n) is 1.27. The first kappa shape index (κ1) is 13.3. The van der Waals surface area contributed by atoms with Crippen molar-refractivity contribution >= 4 is 12.0 Å². The second kappa shape index (κ2) is 5.04. The molecular formula is C14H18O3. The van der Waals surface area contributed by atoms with Crippen LogP contribution in [0.15, 0.2) is 24.3 Å². The van der Waals surface area contributed by atoms with E-state index < -0.39 is 5.97 Å². The highest BCUT2D eigenvalue weighted by atomic mass is 16.5. The van der Waals surface area contributed by atoms with Gasteiger partial charge < -0.3 is 9.84 Å². The van der Waals surface area contributed by atoms with E-state index in [1.165, 1.54) is 19.2 Å². The number of methoxy groups -OCH3 is 1. The van der Waals surface area contributed by atoms with Gasteiger partial charge in [-0.1, -0.05) is 32.9 Å². The highest BCUT2D eigenvalue weighted by Crippen LogP contribution is 2.23. The molecule has 0 atom stereocenters. The number of ether oxygens (including phenoxy) is 1. The highest BCUT2D eigenvalue weighted by molar-refractivity contribution is 5.90. The molecule has 17 heavy (non-hydrogen) atoms. The number of aromatic hydroxyl groups is 1. The summed E-state index contributed by atoms with van der Waals surface area (Å²) in [5, 5.41) is 9.68. The van der Waals surface area contributed by atoms with E-state index >= 15 is 0 Å². The molecule has 1 N–H and O–H groups in total. The standard InChI is InChI=1S/C14H18O3/c1-14(2,3)8-7-10-9-11(13(16)17-4)5-6-12(10)15/h5-9,15H,1-4H3. The first-order valence-corrected chi connectivity index (χ1v) is 5.44. The van der Waals surface area contributed by atoms with Crippen molar-refractivity contribution in [1.82, 2.24) is 0 Å². The summed E-state index contributed by atoms with van der Waals surface area (Å²) in [6.45, 7) is 6.18. The summed E-state index contributed by atoms with van der Waals surface area (Å²) in [6.07, 6.45) is 3.78. The summed E-state index contributed by atoms with van der Waals surface area (Å²) in [4.78, 5) is 11.4. The minimum atomic E-state index is -0.407. The van der Waals surface area contributed by atoms with Gasteiger partial charge in [-0.15, -0.1) is 0 Å². The van der Waals surface area contributed by atoms with Crippen molar-refractivity contribution in [1.29, 1.82) is 0 Å². The molecule has 0 aliphatic rings. The van der Waals surface area contributed by atoms with Crippen LogP contribution in [0.25, 0.3) is 6.08 Å². The van der Waals surface area contributed by atoms with Crippen LogP contribution in [0.4, 0.5) is 0 Å². The summed E-state index contributed by atoms with van der Waals surface area (Å²) < 4.78 is 4.63. The van der Waals surface area contributed by atoms with Crippen LogP contribution in [-0.2, 0) is 4.74 Å². The lowest BCUT2D eigenvalue weighted by atomic mass is 9.95. The Kier molecular flexibility index (Phi) is 3.94. The van der Waals surface area contributed by atoms with Crippen LogP contribution in [0, 0.1) is 5.41 Å².